The Morgan fingerprint density at radius 3 is 2.45 bits per heavy atom. The Morgan fingerprint density at radius 1 is 0.955 bits per heavy atom. The van der Waals surface area contributed by atoms with Crippen LogP contribution in [-0.4, -0.2) is 19.5 Å². The molecule has 0 radical (unpaired) electrons. The molecule has 1 saturated carbocycles. The van der Waals surface area contributed by atoms with E-state index in [2.05, 4.69) is 6.92 Å². The predicted octanol–water partition coefficient (Wildman–Crippen LogP) is 4.64. The van der Waals surface area contributed by atoms with Crippen LogP contribution >= 0.6 is 0 Å². The number of hydrogen-bond donors (Lipinski definition) is 0. The van der Waals surface area contributed by atoms with Crippen molar-refractivity contribution < 1.29 is 18.3 Å². The maximum atomic E-state index is 13.4. The van der Waals surface area contributed by atoms with Gasteiger partial charge in [0.15, 0.2) is 17.9 Å². The monoisotopic (exact) mass is 310 g/mol. The van der Waals surface area contributed by atoms with Crippen LogP contribution in [0.3, 0.4) is 0 Å². The fraction of sp³-hybridized carbons (Fsp3) is 0.667. The van der Waals surface area contributed by atoms with E-state index < -0.39 is 11.6 Å². The van der Waals surface area contributed by atoms with E-state index in [9.17, 15) is 8.78 Å². The Balaban J connectivity index is 1.61. The first kappa shape index (κ1) is 15.9. The number of ether oxygens (including phenoxy) is 2. The van der Waals surface area contributed by atoms with Crippen molar-refractivity contribution in [1.82, 2.24) is 0 Å². The summed E-state index contributed by atoms with van der Waals surface area (Å²) in [4.78, 5) is 0. The third kappa shape index (κ3) is 3.66. The second-order valence-corrected chi connectivity index (χ2v) is 6.78. The summed E-state index contributed by atoms with van der Waals surface area (Å²) < 4.78 is 38.2. The van der Waals surface area contributed by atoms with Crippen LogP contribution in [0.2, 0.25) is 0 Å². The first-order chi connectivity index (χ1) is 10.6. The van der Waals surface area contributed by atoms with Gasteiger partial charge in [0.05, 0.1) is 13.2 Å². The van der Waals surface area contributed by atoms with Gasteiger partial charge < -0.3 is 9.47 Å². The lowest BCUT2D eigenvalue weighted by Gasteiger charge is -2.32. The van der Waals surface area contributed by atoms with Gasteiger partial charge >= 0.3 is 0 Å². The Morgan fingerprint density at radius 2 is 1.73 bits per heavy atom. The van der Waals surface area contributed by atoms with Crippen LogP contribution in [0.4, 0.5) is 8.78 Å². The second kappa shape index (κ2) is 7.05. The highest BCUT2D eigenvalue weighted by Crippen LogP contribution is 2.37. The summed E-state index contributed by atoms with van der Waals surface area (Å²) in [5, 5.41) is 0. The molecule has 2 aliphatic rings. The van der Waals surface area contributed by atoms with E-state index in [0.29, 0.717) is 17.8 Å². The van der Waals surface area contributed by atoms with Crippen molar-refractivity contribution in [2.24, 2.45) is 11.8 Å². The predicted molar refractivity (Wildman–Crippen MR) is 80.5 cm³/mol. The van der Waals surface area contributed by atoms with Crippen LogP contribution in [0.5, 0.6) is 0 Å². The van der Waals surface area contributed by atoms with E-state index in [4.69, 9.17) is 9.47 Å². The van der Waals surface area contributed by atoms with Crippen molar-refractivity contribution >= 4 is 0 Å². The van der Waals surface area contributed by atoms with Crippen LogP contribution in [0, 0.1) is 23.5 Å². The van der Waals surface area contributed by atoms with Crippen molar-refractivity contribution in [2.45, 2.75) is 51.2 Å². The maximum Gasteiger partial charge on any atom is 0.160 e. The summed E-state index contributed by atoms with van der Waals surface area (Å²) in [5.41, 5.74) is 0.915. The minimum atomic E-state index is -0.770. The number of hydrogen-bond acceptors (Lipinski definition) is 2. The molecular weight excluding hydrogens is 286 g/mol. The Kier molecular flexibility index (Phi) is 5.09. The quantitative estimate of drug-likeness (QED) is 0.741. The van der Waals surface area contributed by atoms with Crippen LogP contribution in [-0.2, 0) is 9.47 Å². The van der Waals surface area contributed by atoms with Gasteiger partial charge in [0.1, 0.15) is 0 Å². The highest BCUT2D eigenvalue weighted by atomic mass is 19.2. The lowest BCUT2D eigenvalue weighted by Crippen LogP contribution is -2.36. The summed E-state index contributed by atoms with van der Waals surface area (Å²) in [6.07, 6.45) is 5.09. The normalized spacial score (nSPS) is 33.4. The molecular formula is C18H24F2O2. The zero-order chi connectivity index (χ0) is 15.5. The van der Waals surface area contributed by atoms with Gasteiger partial charge in [-0.25, -0.2) is 8.78 Å². The Hall–Kier alpha value is -1.00. The average molecular weight is 310 g/mol. The molecule has 22 heavy (non-hydrogen) atoms. The summed E-state index contributed by atoms with van der Waals surface area (Å²) in [5.74, 6) is -0.318. The molecule has 2 atom stereocenters. The lowest BCUT2D eigenvalue weighted by molar-refractivity contribution is -0.223. The molecule has 1 heterocycles. The minimum absolute atomic E-state index is 0.0834. The van der Waals surface area contributed by atoms with Crippen molar-refractivity contribution in [3.63, 3.8) is 0 Å². The second-order valence-electron chi connectivity index (χ2n) is 6.78. The van der Waals surface area contributed by atoms with Crippen molar-refractivity contribution in [3.8, 4) is 0 Å². The average Bonchev–Trinajstić information content (AvgIpc) is 2.77. The first-order valence-electron chi connectivity index (χ1n) is 8.31. The van der Waals surface area contributed by atoms with E-state index in [1.165, 1.54) is 12.1 Å². The fourth-order valence-electron chi connectivity index (χ4n) is 3.59. The molecule has 1 aromatic rings. The van der Waals surface area contributed by atoms with E-state index in [1.54, 1.807) is 6.07 Å². The van der Waals surface area contributed by atoms with Gasteiger partial charge in [0.2, 0.25) is 0 Å². The third-order valence-electron chi connectivity index (χ3n) is 4.90. The molecule has 122 valence electrons. The zero-order valence-electron chi connectivity index (χ0n) is 13.1. The molecule has 0 bridgehead atoms. The number of halogens is 2. The fourth-order valence-corrected chi connectivity index (χ4v) is 3.59. The highest BCUT2D eigenvalue weighted by Gasteiger charge is 2.30. The van der Waals surface area contributed by atoms with Crippen molar-refractivity contribution in [3.05, 3.63) is 35.4 Å². The van der Waals surface area contributed by atoms with Crippen LogP contribution < -0.4 is 0 Å². The van der Waals surface area contributed by atoms with Crippen LogP contribution in [0.15, 0.2) is 18.2 Å². The summed E-state index contributed by atoms with van der Waals surface area (Å²) >= 11 is 0. The van der Waals surface area contributed by atoms with Gasteiger partial charge in [-0.15, -0.1) is 0 Å². The molecule has 1 aliphatic carbocycles. The van der Waals surface area contributed by atoms with Gasteiger partial charge in [0, 0.05) is 11.8 Å². The molecule has 2 fully saturated rings. The summed E-state index contributed by atoms with van der Waals surface area (Å²) in [6.45, 7) is 3.67. The van der Waals surface area contributed by atoms with Gasteiger partial charge in [0.25, 0.3) is 0 Å². The molecule has 1 saturated heterocycles. The van der Waals surface area contributed by atoms with Crippen molar-refractivity contribution in [1.29, 1.82) is 0 Å². The van der Waals surface area contributed by atoms with Gasteiger partial charge in [-0.2, -0.15) is 0 Å². The Bertz CT molecular complexity index is 498. The number of benzene rings is 1. The Labute approximate surface area is 130 Å². The summed E-state index contributed by atoms with van der Waals surface area (Å²) in [7, 11) is 0. The molecule has 2 unspecified atom stereocenters. The molecule has 1 aliphatic heterocycles. The molecule has 1 aromatic carbocycles. The van der Waals surface area contributed by atoms with Gasteiger partial charge in [-0.1, -0.05) is 19.4 Å². The first-order valence-corrected chi connectivity index (χ1v) is 8.31. The van der Waals surface area contributed by atoms with Gasteiger partial charge in [-0.3, -0.25) is 0 Å². The molecule has 3 rings (SSSR count). The lowest BCUT2D eigenvalue weighted by atomic mass is 9.91. The molecule has 0 amide bonds. The maximum absolute atomic E-state index is 13.4. The van der Waals surface area contributed by atoms with Crippen LogP contribution in [0.1, 0.15) is 50.5 Å². The van der Waals surface area contributed by atoms with E-state index >= 15 is 0 Å². The SMILES string of the molecule is CC1COC(C2CCCC(c3ccc(F)c(F)c3)CC2)OC1. The zero-order valence-corrected chi connectivity index (χ0v) is 13.1. The highest BCUT2D eigenvalue weighted by molar-refractivity contribution is 5.22. The minimum Gasteiger partial charge on any atom is -0.352 e. The van der Waals surface area contributed by atoms with E-state index in [0.717, 1.165) is 50.9 Å². The third-order valence-corrected chi connectivity index (χ3v) is 4.90. The molecule has 0 aromatic heterocycles. The van der Waals surface area contributed by atoms with E-state index in [-0.39, 0.29) is 6.29 Å². The van der Waals surface area contributed by atoms with E-state index in [1.807, 2.05) is 0 Å². The molecule has 4 heteroatoms. The van der Waals surface area contributed by atoms with Gasteiger partial charge in [-0.05, 0) is 49.3 Å². The molecule has 0 spiro atoms. The van der Waals surface area contributed by atoms with Crippen LogP contribution in [0.25, 0.3) is 0 Å². The smallest absolute Gasteiger partial charge is 0.160 e. The van der Waals surface area contributed by atoms with Crippen molar-refractivity contribution in [2.75, 3.05) is 13.2 Å². The largest absolute Gasteiger partial charge is 0.352 e. The standard InChI is InChI=1S/C18H24F2O2/c1-12-10-21-18(22-11-12)14-4-2-3-13(5-6-14)15-7-8-16(19)17(20)9-15/h7-9,12-14,18H,2-6,10-11H2,1H3. The topological polar surface area (TPSA) is 18.5 Å². The number of rotatable bonds is 2. The molecule has 2 nitrogen and oxygen atoms in total. The summed E-state index contributed by atoms with van der Waals surface area (Å²) in [6, 6.07) is 4.32. The molecule has 0 N–H and O–H groups in total.